The highest BCUT2D eigenvalue weighted by Gasteiger charge is 2.23. The van der Waals surface area contributed by atoms with E-state index in [9.17, 15) is 4.79 Å². The summed E-state index contributed by atoms with van der Waals surface area (Å²) >= 11 is 1.42. The van der Waals surface area contributed by atoms with Crippen LogP contribution >= 0.6 is 11.8 Å². The molecule has 0 bridgehead atoms. The van der Waals surface area contributed by atoms with E-state index in [4.69, 9.17) is 0 Å². The summed E-state index contributed by atoms with van der Waals surface area (Å²) < 4.78 is 1.97. The van der Waals surface area contributed by atoms with Gasteiger partial charge < -0.3 is 4.90 Å². The number of hydrogen-bond acceptors (Lipinski definition) is 4. The lowest BCUT2D eigenvalue weighted by Gasteiger charge is -2.21. The average Bonchev–Trinajstić information content (AvgIpc) is 3.02. The third-order valence-corrected chi connectivity index (χ3v) is 4.94. The monoisotopic (exact) mass is 352 g/mol. The number of aryl methyl sites for hydroxylation is 1. The van der Waals surface area contributed by atoms with Crippen molar-refractivity contribution < 1.29 is 4.79 Å². The molecule has 0 aliphatic heterocycles. The smallest absolute Gasteiger partial charge is 0.240 e. The van der Waals surface area contributed by atoms with E-state index in [0.29, 0.717) is 5.16 Å². The van der Waals surface area contributed by atoms with Crippen LogP contribution in [0, 0.1) is 6.92 Å². The Bertz CT molecular complexity index is 848. The molecule has 1 atom stereocenters. The van der Waals surface area contributed by atoms with Crippen LogP contribution in [0.15, 0.2) is 65.8 Å². The average molecular weight is 352 g/mol. The van der Waals surface area contributed by atoms with Crippen molar-refractivity contribution >= 4 is 23.4 Å². The molecule has 3 rings (SSSR count). The van der Waals surface area contributed by atoms with Gasteiger partial charge in [-0.25, -0.2) is 0 Å². The fourth-order valence-electron chi connectivity index (χ4n) is 2.55. The van der Waals surface area contributed by atoms with Gasteiger partial charge in [-0.2, -0.15) is 0 Å². The summed E-state index contributed by atoms with van der Waals surface area (Å²) in [6.45, 7) is 3.80. The quantitative estimate of drug-likeness (QED) is 0.657. The molecule has 3 aromatic rings. The molecule has 25 heavy (non-hydrogen) atoms. The Morgan fingerprint density at radius 2 is 1.64 bits per heavy atom. The number of carbonyl (C=O) groups excluding carboxylic acids is 1. The van der Waals surface area contributed by atoms with Crippen molar-refractivity contribution in [1.29, 1.82) is 0 Å². The van der Waals surface area contributed by atoms with Crippen LogP contribution in [0.3, 0.4) is 0 Å². The third kappa shape index (κ3) is 3.74. The predicted octanol–water partition coefficient (Wildman–Crippen LogP) is 3.72. The molecule has 1 aromatic heterocycles. The minimum Gasteiger partial charge on any atom is -0.315 e. The maximum Gasteiger partial charge on any atom is 0.240 e. The molecule has 2 aromatic carbocycles. The minimum atomic E-state index is -0.281. The highest BCUT2D eigenvalue weighted by Crippen LogP contribution is 2.27. The number of rotatable bonds is 5. The van der Waals surface area contributed by atoms with Gasteiger partial charge in [-0.3, -0.25) is 9.36 Å². The van der Waals surface area contributed by atoms with E-state index < -0.39 is 0 Å². The Morgan fingerprint density at radius 1 is 1.04 bits per heavy atom. The molecule has 5 nitrogen and oxygen atoms in total. The minimum absolute atomic E-state index is 0.0245. The molecule has 128 valence electrons. The first-order valence-electron chi connectivity index (χ1n) is 8.04. The zero-order valence-electron chi connectivity index (χ0n) is 14.5. The molecule has 0 saturated heterocycles. The summed E-state index contributed by atoms with van der Waals surface area (Å²) in [7, 11) is 1.79. The summed E-state index contributed by atoms with van der Waals surface area (Å²) in [5.41, 5.74) is 1.87. The Morgan fingerprint density at radius 3 is 2.28 bits per heavy atom. The summed E-state index contributed by atoms with van der Waals surface area (Å²) in [5.74, 6) is 0.821. The fourth-order valence-corrected chi connectivity index (χ4v) is 3.56. The first-order chi connectivity index (χ1) is 12.1. The Hall–Kier alpha value is -2.60. The van der Waals surface area contributed by atoms with Crippen LogP contribution in [0.1, 0.15) is 12.7 Å². The number of hydrogen-bond donors (Lipinski definition) is 0. The molecule has 0 fully saturated rings. The molecule has 0 unspecified atom stereocenters. The van der Waals surface area contributed by atoms with Gasteiger partial charge in [0.05, 0.1) is 5.25 Å². The number of anilines is 1. The standard InChI is InChI=1S/C19H20N4OS/c1-14(18(24)22(3)16-10-6-4-7-11-16)25-19-21-20-15(2)23(19)17-12-8-5-9-13-17/h4-14H,1-3H3/t14-/m0/s1. The lowest BCUT2D eigenvalue weighted by molar-refractivity contribution is -0.117. The number of thioether (sulfide) groups is 1. The van der Waals surface area contributed by atoms with Gasteiger partial charge in [0.1, 0.15) is 5.82 Å². The number of nitrogens with zero attached hydrogens (tertiary/aromatic N) is 4. The van der Waals surface area contributed by atoms with Crippen molar-refractivity contribution in [2.24, 2.45) is 0 Å². The maximum atomic E-state index is 12.8. The van der Waals surface area contributed by atoms with Crippen molar-refractivity contribution in [2.75, 3.05) is 11.9 Å². The molecular formula is C19H20N4OS. The zero-order chi connectivity index (χ0) is 17.8. The van der Waals surface area contributed by atoms with Gasteiger partial charge in [-0.15, -0.1) is 10.2 Å². The fraction of sp³-hybridized carbons (Fsp3) is 0.211. The highest BCUT2D eigenvalue weighted by molar-refractivity contribution is 8.00. The van der Waals surface area contributed by atoms with Crippen molar-refractivity contribution in [3.63, 3.8) is 0 Å². The number of aromatic nitrogens is 3. The van der Waals surface area contributed by atoms with E-state index in [1.165, 1.54) is 11.8 Å². The summed E-state index contributed by atoms with van der Waals surface area (Å²) in [5, 5.41) is 8.86. The van der Waals surface area contributed by atoms with Gasteiger partial charge in [-0.1, -0.05) is 48.2 Å². The van der Waals surface area contributed by atoms with Crippen molar-refractivity contribution in [3.8, 4) is 5.69 Å². The van der Waals surface area contributed by atoms with Crippen LogP contribution in [0.4, 0.5) is 5.69 Å². The zero-order valence-corrected chi connectivity index (χ0v) is 15.3. The Labute approximate surface area is 151 Å². The molecule has 0 aliphatic carbocycles. The van der Waals surface area contributed by atoms with E-state index in [1.807, 2.05) is 79.1 Å². The Kier molecular flexibility index (Phi) is 5.19. The Balaban J connectivity index is 1.80. The van der Waals surface area contributed by atoms with Gasteiger partial charge in [0.2, 0.25) is 5.91 Å². The first-order valence-corrected chi connectivity index (χ1v) is 8.92. The lowest BCUT2D eigenvalue weighted by Crippen LogP contribution is -2.33. The second kappa shape index (κ2) is 7.53. The molecule has 0 N–H and O–H groups in total. The van der Waals surface area contributed by atoms with Crippen molar-refractivity contribution in [3.05, 3.63) is 66.5 Å². The van der Waals surface area contributed by atoms with E-state index in [0.717, 1.165) is 17.2 Å². The van der Waals surface area contributed by atoms with Crippen molar-refractivity contribution in [1.82, 2.24) is 14.8 Å². The van der Waals surface area contributed by atoms with E-state index in [2.05, 4.69) is 10.2 Å². The van der Waals surface area contributed by atoms with Gasteiger partial charge in [0.25, 0.3) is 0 Å². The molecule has 1 heterocycles. The number of carbonyl (C=O) groups is 1. The topological polar surface area (TPSA) is 51.0 Å². The molecule has 6 heteroatoms. The number of amides is 1. The molecule has 0 saturated carbocycles. The normalized spacial score (nSPS) is 12.0. The van der Waals surface area contributed by atoms with Gasteiger partial charge in [-0.05, 0) is 38.1 Å². The maximum absolute atomic E-state index is 12.8. The van der Waals surface area contributed by atoms with Crippen molar-refractivity contribution in [2.45, 2.75) is 24.3 Å². The van der Waals surface area contributed by atoms with Crippen LogP contribution < -0.4 is 4.90 Å². The van der Waals surface area contributed by atoms with Gasteiger partial charge in [0.15, 0.2) is 5.16 Å². The molecular weight excluding hydrogens is 332 g/mol. The first kappa shape index (κ1) is 17.2. The lowest BCUT2D eigenvalue weighted by atomic mass is 10.3. The molecule has 1 amide bonds. The summed E-state index contributed by atoms with van der Waals surface area (Å²) in [4.78, 5) is 14.4. The van der Waals surface area contributed by atoms with E-state index in [-0.39, 0.29) is 11.2 Å². The second-order valence-electron chi connectivity index (χ2n) is 5.69. The number of para-hydroxylation sites is 2. The van der Waals surface area contributed by atoms with E-state index in [1.54, 1.807) is 11.9 Å². The second-order valence-corrected chi connectivity index (χ2v) is 7.00. The molecule has 0 spiro atoms. The summed E-state index contributed by atoms with van der Waals surface area (Å²) in [6, 6.07) is 19.5. The van der Waals surface area contributed by atoms with Crippen LogP contribution in [0.2, 0.25) is 0 Å². The number of benzene rings is 2. The van der Waals surface area contributed by atoms with Crippen LogP contribution in [-0.2, 0) is 4.79 Å². The largest absolute Gasteiger partial charge is 0.315 e. The van der Waals surface area contributed by atoms with Gasteiger partial charge in [0, 0.05) is 18.4 Å². The SMILES string of the molecule is Cc1nnc(S[C@@H](C)C(=O)N(C)c2ccccc2)n1-c1ccccc1. The third-order valence-electron chi connectivity index (χ3n) is 3.91. The summed E-state index contributed by atoms with van der Waals surface area (Å²) in [6.07, 6.45) is 0. The van der Waals surface area contributed by atoms with Crippen LogP contribution in [0.5, 0.6) is 0 Å². The van der Waals surface area contributed by atoms with Crippen LogP contribution in [0.25, 0.3) is 5.69 Å². The molecule has 0 aliphatic rings. The van der Waals surface area contributed by atoms with E-state index >= 15 is 0 Å². The predicted molar refractivity (Wildman–Crippen MR) is 101 cm³/mol. The van der Waals surface area contributed by atoms with Gasteiger partial charge >= 0.3 is 0 Å². The highest BCUT2D eigenvalue weighted by atomic mass is 32.2. The molecule has 0 radical (unpaired) electrons. The van der Waals surface area contributed by atoms with Crippen LogP contribution in [-0.4, -0.2) is 33.0 Å².